The lowest BCUT2D eigenvalue weighted by Crippen LogP contribution is -2.13. The second-order valence-electron chi connectivity index (χ2n) is 5.16. The molecule has 0 saturated heterocycles. The van der Waals surface area contributed by atoms with Gasteiger partial charge in [-0.15, -0.1) is 11.6 Å². The molecular formula is C17H18ClN3. The fourth-order valence-corrected chi connectivity index (χ4v) is 2.97. The zero-order valence-electron chi connectivity index (χ0n) is 12.2. The highest BCUT2D eigenvalue weighted by Gasteiger charge is 2.21. The number of imidazole rings is 1. The van der Waals surface area contributed by atoms with Gasteiger partial charge in [0.1, 0.15) is 11.3 Å². The van der Waals surface area contributed by atoms with E-state index in [9.17, 15) is 0 Å². The first-order chi connectivity index (χ1) is 10.2. The highest BCUT2D eigenvalue weighted by molar-refractivity contribution is 6.20. The zero-order valence-corrected chi connectivity index (χ0v) is 13.0. The molecule has 2 unspecified atom stereocenters. The smallest absolute Gasteiger partial charge is 0.128 e. The third-order valence-electron chi connectivity index (χ3n) is 3.76. The van der Waals surface area contributed by atoms with Crippen molar-refractivity contribution in [3.05, 3.63) is 60.2 Å². The molecular weight excluding hydrogens is 282 g/mol. The summed E-state index contributed by atoms with van der Waals surface area (Å²) in [6, 6.07) is 12.7. The Labute approximate surface area is 129 Å². The van der Waals surface area contributed by atoms with Crippen LogP contribution in [0.25, 0.3) is 11.0 Å². The molecule has 2 aromatic heterocycles. The van der Waals surface area contributed by atoms with Crippen LogP contribution in [0.2, 0.25) is 0 Å². The van der Waals surface area contributed by atoms with Gasteiger partial charge in [0.2, 0.25) is 0 Å². The third kappa shape index (κ3) is 2.54. The molecule has 2 atom stereocenters. The minimum absolute atomic E-state index is 0.143. The van der Waals surface area contributed by atoms with E-state index in [1.807, 2.05) is 19.1 Å². The van der Waals surface area contributed by atoms with E-state index in [4.69, 9.17) is 11.6 Å². The summed E-state index contributed by atoms with van der Waals surface area (Å²) in [7, 11) is 0. The second kappa shape index (κ2) is 5.86. The van der Waals surface area contributed by atoms with Crippen LogP contribution >= 0.6 is 11.6 Å². The topological polar surface area (TPSA) is 30.7 Å². The van der Waals surface area contributed by atoms with Gasteiger partial charge in [-0.3, -0.25) is 4.98 Å². The number of hydrogen-bond donors (Lipinski definition) is 0. The molecule has 0 aliphatic carbocycles. The van der Waals surface area contributed by atoms with Gasteiger partial charge in [0, 0.05) is 6.20 Å². The van der Waals surface area contributed by atoms with Crippen LogP contribution in [0, 0.1) is 0 Å². The van der Waals surface area contributed by atoms with Gasteiger partial charge in [0.15, 0.2) is 0 Å². The van der Waals surface area contributed by atoms with Crippen LogP contribution in [0.4, 0.5) is 0 Å². The minimum Gasteiger partial charge on any atom is -0.319 e. The fourth-order valence-electron chi connectivity index (χ4n) is 2.82. The molecule has 3 rings (SSSR count). The van der Waals surface area contributed by atoms with Crippen LogP contribution in [-0.2, 0) is 0 Å². The number of rotatable bonds is 4. The van der Waals surface area contributed by atoms with Crippen molar-refractivity contribution in [2.24, 2.45) is 0 Å². The monoisotopic (exact) mass is 299 g/mol. The predicted octanol–water partition coefficient (Wildman–Crippen LogP) is 4.73. The first-order valence-corrected chi connectivity index (χ1v) is 7.67. The van der Waals surface area contributed by atoms with Gasteiger partial charge in [0.25, 0.3) is 0 Å². The average Bonchev–Trinajstić information content (AvgIpc) is 2.89. The van der Waals surface area contributed by atoms with Crippen LogP contribution in [-0.4, -0.2) is 14.5 Å². The summed E-state index contributed by atoms with van der Waals surface area (Å²) in [6.45, 7) is 4.15. The molecule has 0 N–H and O–H groups in total. The highest BCUT2D eigenvalue weighted by atomic mass is 35.5. The van der Waals surface area contributed by atoms with Crippen molar-refractivity contribution >= 4 is 22.6 Å². The summed E-state index contributed by atoms with van der Waals surface area (Å²) in [5.74, 6) is 0.898. The molecule has 108 valence electrons. The Morgan fingerprint density at radius 3 is 2.62 bits per heavy atom. The Morgan fingerprint density at radius 1 is 1.19 bits per heavy atom. The van der Waals surface area contributed by atoms with Crippen LogP contribution in [0.15, 0.2) is 48.8 Å². The van der Waals surface area contributed by atoms with Crippen molar-refractivity contribution < 1.29 is 0 Å². The van der Waals surface area contributed by atoms with E-state index in [1.165, 1.54) is 5.56 Å². The number of aromatic nitrogens is 3. The Hall–Kier alpha value is -1.87. The first-order valence-electron chi connectivity index (χ1n) is 7.23. The minimum atomic E-state index is -0.143. The number of fused-ring (bicyclic) bond motifs is 1. The standard InChI is InChI=1S/C17H18ClN3/c1-3-15(13-7-5-4-6-8-13)21-16-9-10-19-11-14(16)20-17(21)12(2)18/h4-12,15H,3H2,1-2H3. The molecule has 2 heterocycles. The van der Waals surface area contributed by atoms with E-state index in [1.54, 1.807) is 12.4 Å². The van der Waals surface area contributed by atoms with Gasteiger partial charge in [-0.25, -0.2) is 4.98 Å². The van der Waals surface area contributed by atoms with Gasteiger partial charge in [-0.2, -0.15) is 0 Å². The third-order valence-corrected chi connectivity index (χ3v) is 3.95. The molecule has 21 heavy (non-hydrogen) atoms. The molecule has 0 spiro atoms. The van der Waals surface area contributed by atoms with E-state index in [0.29, 0.717) is 0 Å². The number of benzene rings is 1. The summed E-state index contributed by atoms with van der Waals surface area (Å²) < 4.78 is 2.25. The molecule has 0 bridgehead atoms. The van der Waals surface area contributed by atoms with E-state index < -0.39 is 0 Å². The second-order valence-corrected chi connectivity index (χ2v) is 5.81. The van der Waals surface area contributed by atoms with Gasteiger partial charge in [-0.05, 0) is 25.0 Å². The van der Waals surface area contributed by atoms with Crippen LogP contribution in [0.5, 0.6) is 0 Å². The van der Waals surface area contributed by atoms with Crippen molar-refractivity contribution in [1.82, 2.24) is 14.5 Å². The van der Waals surface area contributed by atoms with Gasteiger partial charge in [-0.1, -0.05) is 37.3 Å². The highest BCUT2D eigenvalue weighted by Crippen LogP contribution is 2.32. The number of halogens is 1. The lowest BCUT2D eigenvalue weighted by atomic mass is 10.0. The Bertz CT molecular complexity index is 734. The lowest BCUT2D eigenvalue weighted by Gasteiger charge is -2.21. The average molecular weight is 300 g/mol. The van der Waals surface area contributed by atoms with Crippen molar-refractivity contribution in [1.29, 1.82) is 0 Å². The summed E-state index contributed by atoms with van der Waals surface area (Å²) in [6.07, 6.45) is 4.58. The summed E-state index contributed by atoms with van der Waals surface area (Å²) >= 11 is 6.36. The molecule has 0 fully saturated rings. The Kier molecular flexibility index (Phi) is 3.93. The lowest BCUT2D eigenvalue weighted by molar-refractivity contribution is 0.555. The largest absolute Gasteiger partial charge is 0.319 e. The van der Waals surface area contributed by atoms with E-state index in [0.717, 1.165) is 23.3 Å². The zero-order chi connectivity index (χ0) is 14.8. The van der Waals surface area contributed by atoms with E-state index in [2.05, 4.69) is 45.7 Å². The van der Waals surface area contributed by atoms with Crippen molar-refractivity contribution in [3.8, 4) is 0 Å². The number of pyridine rings is 1. The fraction of sp³-hybridized carbons (Fsp3) is 0.294. The molecule has 0 amide bonds. The molecule has 0 saturated carbocycles. The van der Waals surface area contributed by atoms with Gasteiger partial charge < -0.3 is 4.57 Å². The summed E-state index contributed by atoms with van der Waals surface area (Å²) in [4.78, 5) is 8.84. The maximum Gasteiger partial charge on any atom is 0.128 e. The molecule has 3 nitrogen and oxygen atoms in total. The van der Waals surface area contributed by atoms with Crippen LogP contribution in [0.3, 0.4) is 0 Å². The van der Waals surface area contributed by atoms with E-state index in [-0.39, 0.29) is 11.4 Å². The molecule has 4 heteroatoms. The van der Waals surface area contributed by atoms with Gasteiger partial charge >= 0.3 is 0 Å². The maximum atomic E-state index is 6.36. The molecule has 0 aliphatic heterocycles. The van der Waals surface area contributed by atoms with Gasteiger partial charge in [0.05, 0.1) is 23.1 Å². The maximum absolute atomic E-state index is 6.36. The Balaban J connectivity index is 2.24. The quantitative estimate of drug-likeness (QED) is 0.652. The molecule has 1 aromatic carbocycles. The normalized spacial score (nSPS) is 14.2. The molecule has 0 radical (unpaired) electrons. The number of nitrogens with zero attached hydrogens (tertiary/aromatic N) is 3. The summed E-state index contributed by atoms with van der Waals surface area (Å²) in [5.41, 5.74) is 3.26. The van der Waals surface area contributed by atoms with Crippen molar-refractivity contribution in [3.63, 3.8) is 0 Å². The Morgan fingerprint density at radius 2 is 1.95 bits per heavy atom. The molecule has 3 aromatic rings. The van der Waals surface area contributed by atoms with Crippen LogP contribution in [0.1, 0.15) is 43.1 Å². The number of alkyl halides is 1. The first kappa shape index (κ1) is 14.1. The van der Waals surface area contributed by atoms with Crippen molar-refractivity contribution in [2.45, 2.75) is 31.7 Å². The number of hydrogen-bond acceptors (Lipinski definition) is 2. The van der Waals surface area contributed by atoms with E-state index >= 15 is 0 Å². The SMILES string of the molecule is CCC(c1ccccc1)n1c(C(C)Cl)nc2cnccc21. The van der Waals surface area contributed by atoms with Crippen LogP contribution < -0.4 is 0 Å². The predicted molar refractivity (Wildman–Crippen MR) is 86.7 cm³/mol. The summed E-state index contributed by atoms with van der Waals surface area (Å²) in [5, 5.41) is -0.143. The van der Waals surface area contributed by atoms with Crippen molar-refractivity contribution in [2.75, 3.05) is 0 Å². The molecule has 0 aliphatic rings.